The fourth-order valence-corrected chi connectivity index (χ4v) is 8.13. The number of carbonyl (C=O) groups excluding carboxylic acids is 1. The van der Waals surface area contributed by atoms with Gasteiger partial charge in [-0.15, -0.1) is 0 Å². The van der Waals surface area contributed by atoms with E-state index in [9.17, 15) is 15.0 Å². The number of Topliss-reactive ketones (excluding diaryl/α,β-unsaturated/α-hetero) is 1. The standard InChI is InChI=1S/C19H29BrO3/c1-18-7-5-10(21)9-13(18)16(20)17(23)15-11-3-4-14(22)19(11,2)8-6-12(15)18/h10-13,15-17,21,23H,3-9H2,1-2H3/t10-,11-,12-,13+,15-,16+,17+,18+,19-/m0/s1. The van der Waals surface area contributed by atoms with Crippen LogP contribution in [0.4, 0.5) is 0 Å². The van der Waals surface area contributed by atoms with Crippen molar-refractivity contribution in [3.63, 3.8) is 0 Å². The average Bonchev–Trinajstić information content (AvgIpc) is 2.82. The Bertz CT molecular complexity index is 523. The zero-order valence-corrected chi connectivity index (χ0v) is 15.8. The molecule has 9 atom stereocenters. The van der Waals surface area contributed by atoms with Crippen LogP contribution in [0.25, 0.3) is 0 Å². The zero-order chi connectivity index (χ0) is 16.6. The SMILES string of the molecule is C[C@]12CC[C@H](O)C[C@@H]1[C@@H](Br)[C@H](O)[C@@H]1[C@@H]2CC[C@]2(C)C(=O)CC[C@@H]12. The highest BCUT2D eigenvalue weighted by Crippen LogP contribution is 2.66. The summed E-state index contributed by atoms with van der Waals surface area (Å²) in [6.07, 6.45) is 5.82. The molecule has 0 bridgehead atoms. The van der Waals surface area contributed by atoms with Gasteiger partial charge in [0.2, 0.25) is 0 Å². The van der Waals surface area contributed by atoms with Crippen LogP contribution < -0.4 is 0 Å². The first-order valence-corrected chi connectivity index (χ1v) is 10.2. The Morgan fingerprint density at radius 2 is 1.78 bits per heavy atom. The molecule has 2 N–H and O–H groups in total. The van der Waals surface area contributed by atoms with Gasteiger partial charge in [-0.2, -0.15) is 0 Å². The van der Waals surface area contributed by atoms with Gasteiger partial charge in [0, 0.05) is 16.7 Å². The number of ketones is 1. The average molecular weight is 385 g/mol. The lowest BCUT2D eigenvalue weighted by Crippen LogP contribution is -2.62. The summed E-state index contributed by atoms with van der Waals surface area (Å²) in [4.78, 5) is 12.5. The van der Waals surface area contributed by atoms with Crippen molar-refractivity contribution in [3.05, 3.63) is 0 Å². The van der Waals surface area contributed by atoms with Gasteiger partial charge in [-0.1, -0.05) is 29.8 Å². The van der Waals surface area contributed by atoms with Crippen LogP contribution in [0.1, 0.15) is 58.8 Å². The second-order valence-corrected chi connectivity index (χ2v) is 10.2. The van der Waals surface area contributed by atoms with Gasteiger partial charge in [0.25, 0.3) is 0 Å². The molecule has 0 aliphatic heterocycles. The van der Waals surface area contributed by atoms with Crippen molar-refractivity contribution in [2.75, 3.05) is 0 Å². The third kappa shape index (κ3) is 2.10. The zero-order valence-electron chi connectivity index (χ0n) is 14.2. The van der Waals surface area contributed by atoms with Gasteiger partial charge in [-0.25, -0.2) is 0 Å². The maximum absolute atomic E-state index is 12.5. The van der Waals surface area contributed by atoms with Crippen LogP contribution in [-0.2, 0) is 4.79 Å². The summed E-state index contributed by atoms with van der Waals surface area (Å²) in [5.41, 5.74) is -0.0174. The van der Waals surface area contributed by atoms with E-state index >= 15 is 0 Å². The third-order valence-electron chi connectivity index (χ3n) is 8.38. The molecule has 4 aliphatic carbocycles. The molecular weight excluding hydrogens is 356 g/mol. The molecule has 23 heavy (non-hydrogen) atoms. The third-order valence-corrected chi connectivity index (χ3v) is 9.56. The fourth-order valence-electron chi connectivity index (χ4n) is 6.96. The number of rotatable bonds is 0. The van der Waals surface area contributed by atoms with E-state index in [4.69, 9.17) is 0 Å². The number of aliphatic hydroxyl groups is 2. The van der Waals surface area contributed by atoms with Crippen molar-refractivity contribution in [1.29, 1.82) is 0 Å². The fraction of sp³-hybridized carbons (Fsp3) is 0.947. The van der Waals surface area contributed by atoms with E-state index in [1.165, 1.54) is 0 Å². The molecule has 0 aromatic carbocycles. The van der Waals surface area contributed by atoms with Crippen LogP contribution in [-0.4, -0.2) is 33.0 Å². The van der Waals surface area contributed by atoms with Crippen LogP contribution in [0.15, 0.2) is 0 Å². The number of fused-ring (bicyclic) bond motifs is 5. The summed E-state index contributed by atoms with van der Waals surface area (Å²) in [6.45, 7) is 4.54. The molecule has 4 saturated carbocycles. The van der Waals surface area contributed by atoms with Crippen molar-refractivity contribution in [1.82, 2.24) is 0 Å². The molecule has 0 unspecified atom stereocenters. The number of hydrogen-bond donors (Lipinski definition) is 2. The first kappa shape index (κ1) is 16.5. The molecule has 0 radical (unpaired) electrons. The molecule has 4 heteroatoms. The van der Waals surface area contributed by atoms with Gasteiger partial charge >= 0.3 is 0 Å². The summed E-state index contributed by atoms with van der Waals surface area (Å²) in [6, 6.07) is 0. The van der Waals surface area contributed by atoms with Crippen LogP contribution in [0.2, 0.25) is 0 Å². The summed E-state index contributed by atoms with van der Waals surface area (Å²) < 4.78 is 0. The maximum Gasteiger partial charge on any atom is 0.139 e. The molecule has 4 rings (SSSR count). The summed E-state index contributed by atoms with van der Waals surface area (Å²) in [5, 5.41) is 21.3. The number of aliphatic hydroxyl groups excluding tert-OH is 2. The number of hydrogen-bond acceptors (Lipinski definition) is 3. The van der Waals surface area contributed by atoms with E-state index in [0.717, 1.165) is 38.5 Å². The summed E-state index contributed by atoms with van der Waals surface area (Å²) in [5.74, 6) is 1.83. The highest BCUT2D eigenvalue weighted by Gasteiger charge is 2.64. The Hall–Kier alpha value is 0.0700. The first-order chi connectivity index (χ1) is 10.8. The van der Waals surface area contributed by atoms with Crippen LogP contribution in [0, 0.1) is 34.5 Å². The van der Waals surface area contributed by atoms with E-state index in [2.05, 4.69) is 29.8 Å². The molecule has 4 fully saturated rings. The van der Waals surface area contributed by atoms with E-state index < -0.39 is 0 Å². The Balaban J connectivity index is 1.73. The van der Waals surface area contributed by atoms with Gasteiger partial charge < -0.3 is 10.2 Å². The molecule has 0 heterocycles. The van der Waals surface area contributed by atoms with E-state index in [-0.39, 0.29) is 33.8 Å². The van der Waals surface area contributed by atoms with E-state index in [0.29, 0.717) is 30.0 Å². The lowest BCUT2D eigenvalue weighted by Gasteiger charge is -2.62. The molecule has 0 aromatic heterocycles. The van der Waals surface area contributed by atoms with Gasteiger partial charge in [-0.3, -0.25) is 4.79 Å². The largest absolute Gasteiger partial charge is 0.393 e. The summed E-state index contributed by atoms with van der Waals surface area (Å²) in [7, 11) is 0. The minimum atomic E-state index is -0.390. The Labute approximate surface area is 147 Å². The Morgan fingerprint density at radius 1 is 1.04 bits per heavy atom. The van der Waals surface area contributed by atoms with Crippen LogP contribution in [0.3, 0.4) is 0 Å². The molecular formula is C19H29BrO3. The van der Waals surface area contributed by atoms with Gasteiger partial charge in [0.05, 0.1) is 12.2 Å². The van der Waals surface area contributed by atoms with Gasteiger partial charge in [0.1, 0.15) is 5.78 Å². The van der Waals surface area contributed by atoms with Crippen molar-refractivity contribution >= 4 is 21.7 Å². The smallest absolute Gasteiger partial charge is 0.139 e. The minimum Gasteiger partial charge on any atom is -0.393 e. The van der Waals surface area contributed by atoms with E-state index in [1.54, 1.807) is 0 Å². The Morgan fingerprint density at radius 3 is 2.52 bits per heavy atom. The van der Waals surface area contributed by atoms with E-state index in [1.807, 2.05) is 0 Å². The predicted octanol–water partition coefficient (Wildman–Crippen LogP) is 3.30. The number of halogens is 1. The molecule has 3 nitrogen and oxygen atoms in total. The highest BCUT2D eigenvalue weighted by molar-refractivity contribution is 9.09. The van der Waals surface area contributed by atoms with Gasteiger partial charge in [0.15, 0.2) is 0 Å². The summed E-state index contributed by atoms with van der Waals surface area (Å²) >= 11 is 3.80. The van der Waals surface area contributed by atoms with Crippen molar-refractivity contribution in [3.8, 4) is 0 Å². The normalized spacial score (nSPS) is 59.2. The lowest BCUT2D eigenvalue weighted by molar-refractivity contribution is -0.167. The van der Waals surface area contributed by atoms with Crippen LogP contribution >= 0.6 is 15.9 Å². The monoisotopic (exact) mass is 384 g/mol. The number of alkyl halides is 1. The first-order valence-electron chi connectivity index (χ1n) is 9.32. The van der Waals surface area contributed by atoms with Crippen molar-refractivity contribution in [2.24, 2.45) is 34.5 Å². The van der Waals surface area contributed by atoms with Crippen molar-refractivity contribution in [2.45, 2.75) is 75.8 Å². The quantitative estimate of drug-likeness (QED) is 0.629. The highest BCUT2D eigenvalue weighted by atomic mass is 79.9. The maximum atomic E-state index is 12.5. The second kappa shape index (κ2) is 5.28. The predicted molar refractivity (Wildman–Crippen MR) is 92.2 cm³/mol. The van der Waals surface area contributed by atoms with Gasteiger partial charge in [-0.05, 0) is 67.6 Å². The molecule has 130 valence electrons. The lowest BCUT2D eigenvalue weighted by atomic mass is 9.44. The van der Waals surface area contributed by atoms with Crippen LogP contribution in [0.5, 0.6) is 0 Å². The minimum absolute atomic E-state index is 0.0433. The van der Waals surface area contributed by atoms with Crippen molar-refractivity contribution < 1.29 is 15.0 Å². The molecule has 0 aromatic rings. The molecule has 0 amide bonds. The topological polar surface area (TPSA) is 57.5 Å². The Kier molecular flexibility index (Phi) is 3.80. The molecule has 0 spiro atoms. The second-order valence-electron chi connectivity index (χ2n) is 9.18. The molecule has 4 aliphatic rings. The number of carbonyl (C=O) groups is 1. The molecule has 0 saturated heterocycles.